The summed E-state index contributed by atoms with van der Waals surface area (Å²) >= 11 is 0. The van der Waals surface area contributed by atoms with Gasteiger partial charge in [0.1, 0.15) is 5.56 Å². The third-order valence-electron chi connectivity index (χ3n) is 5.19. The van der Waals surface area contributed by atoms with Crippen molar-refractivity contribution in [3.8, 4) is 16.9 Å². The maximum atomic E-state index is 13.0. The Balaban J connectivity index is 1.78. The zero-order chi connectivity index (χ0) is 24.7. The highest BCUT2D eigenvalue weighted by Gasteiger charge is 2.38. The number of nitrogens with one attached hydrogen (secondary N) is 1. The topological polar surface area (TPSA) is 131 Å². The molecule has 9 nitrogen and oxygen atoms in total. The number of aliphatic hydroxyl groups is 1. The molecule has 34 heavy (non-hydrogen) atoms. The molecule has 0 bridgehead atoms. The lowest BCUT2D eigenvalue weighted by molar-refractivity contribution is -0.137. The van der Waals surface area contributed by atoms with Crippen LogP contribution in [-0.2, 0) is 16.0 Å². The average molecular weight is 494 g/mol. The van der Waals surface area contributed by atoms with Gasteiger partial charge in [0, 0.05) is 11.8 Å². The van der Waals surface area contributed by atoms with Gasteiger partial charge in [-0.05, 0) is 30.3 Å². The lowest BCUT2D eigenvalue weighted by Gasteiger charge is -2.16. The van der Waals surface area contributed by atoms with Crippen molar-refractivity contribution in [1.29, 1.82) is 0 Å². The van der Waals surface area contributed by atoms with Gasteiger partial charge in [-0.15, -0.1) is 0 Å². The van der Waals surface area contributed by atoms with Crippen molar-refractivity contribution in [2.24, 2.45) is 0 Å². The van der Waals surface area contributed by atoms with Crippen molar-refractivity contribution < 1.29 is 31.5 Å². The summed E-state index contributed by atoms with van der Waals surface area (Å²) in [5.41, 5.74) is -1.78. The fourth-order valence-electron chi connectivity index (χ4n) is 3.50. The first kappa shape index (κ1) is 23.6. The van der Waals surface area contributed by atoms with E-state index in [9.17, 15) is 36.3 Å². The third-order valence-corrected chi connectivity index (χ3v) is 6.91. The summed E-state index contributed by atoms with van der Waals surface area (Å²) in [5.74, 6) is -1.97. The number of sulfone groups is 1. The van der Waals surface area contributed by atoms with Crippen molar-refractivity contribution in [2.75, 3.05) is 11.5 Å². The van der Waals surface area contributed by atoms with Crippen LogP contribution in [0.25, 0.3) is 16.9 Å². The normalized spacial score (nSPS) is 19.6. The van der Waals surface area contributed by atoms with Crippen LogP contribution in [0, 0.1) is 0 Å². The molecule has 1 saturated heterocycles. The lowest BCUT2D eigenvalue weighted by atomic mass is 10.1. The molecule has 0 aliphatic carbocycles. The molecular weight excluding hydrogens is 477 g/mol. The minimum absolute atomic E-state index is 0.0157. The highest BCUT2D eigenvalue weighted by Crippen LogP contribution is 2.30. The molecule has 2 aromatic heterocycles. The van der Waals surface area contributed by atoms with Gasteiger partial charge < -0.3 is 10.4 Å². The molecule has 0 saturated carbocycles. The number of aromatic nitrogens is 3. The molecule has 178 valence electrons. The van der Waals surface area contributed by atoms with Crippen molar-refractivity contribution in [1.82, 2.24) is 20.1 Å². The number of amides is 1. The van der Waals surface area contributed by atoms with E-state index in [1.54, 1.807) is 0 Å². The van der Waals surface area contributed by atoms with Crippen LogP contribution in [0.4, 0.5) is 13.2 Å². The summed E-state index contributed by atoms with van der Waals surface area (Å²) in [5, 5.41) is 16.5. The van der Waals surface area contributed by atoms with Gasteiger partial charge in [0.2, 0.25) is 0 Å². The minimum atomic E-state index is -4.55. The van der Waals surface area contributed by atoms with Gasteiger partial charge >= 0.3 is 6.18 Å². The van der Waals surface area contributed by atoms with Gasteiger partial charge in [-0.25, -0.2) is 8.42 Å². The molecule has 0 spiro atoms. The van der Waals surface area contributed by atoms with Gasteiger partial charge in [0.15, 0.2) is 9.84 Å². The van der Waals surface area contributed by atoms with Crippen molar-refractivity contribution in [3.63, 3.8) is 0 Å². The molecule has 1 aliphatic heterocycles. The van der Waals surface area contributed by atoms with E-state index < -0.39 is 62.3 Å². The Hall–Kier alpha value is -3.58. The Bertz CT molecular complexity index is 1390. The number of alkyl halides is 3. The highest BCUT2D eigenvalue weighted by atomic mass is 32.2. The number of hydrogen-bond acceptors (Lipinski definition) is 7. The van der Waals surface area contributed by atoms with E-state index in [-0.39, 0.29) is 16.9 Å². The second-order valence-electron chi connectivity index (χ2n) is 7.67. The molecular formula is C21H17F3N4O5S. The Morgan fingerprint density at radius 2 is 1.85 bits per heavy atom. The first-order valence-corrected chi connectivity index (χ1v) is 11.7. The second kappa shape index (κ2) is 8.65. The fraction of sp³-hybridized carbons (Fsp3) is 0.238. The largest absolute Gasteiger partial charge is 0.416 e. The van der Waals surface area contributed by atoms with Crippen LogP contribution < -0.4 is 10.9 Å². The number of halogens is 3. The van der Waals surface area contributed by atoms with Gasteiger partial charge in [-0.2, -0.15) is 23.0 Å². The Morgan fingerprint density at radius 1 is 1.15 bits per heavy atom. The molecule has 13 heteroatoms. The third kappa shape index (κ3) is 4.84. The number of hydrogen-bond donors (Lipinski definition) is 2. The molecule has 1 aromatic carbocycles. The van der Waals surface area contributed by atoms with E-state index in [0.717, 1.165) is 35.0 Å². The van der Waals surface area contributed by atoms with E-state index in [1.807, 2.05) is 0 Å². The molecule has 0 unspecified atom stereocenters. The van der Waals surface area contributed by atoms with Gasteiger partial charge in [-0.3, -0.25) is 14.6 Å². The first-order valence-electron chi connectivity index (χ1n) is 9.86. The van der Waals surface area contributed by atoms with Crippen LogP contribution in [0.15, 0.2) is 59.7 Å². The first-order chi connectivity index (χ1) is 15.9. The Morgan fingerprint density at radius 3 is 2.41 bits per heavy atom. The van der Waals surface area contributed by atoms with Crippen LogP contribution >= 0.6 is 0 Å². The van der Waals surface area contributed by atoms with Gasteiger partial charge in [0.05, 0.1) is 46.8 Å². The number of carbonyl (C=O) groups is 1. The SMILES string of the molecule is O=C(N[C@@H]1CS(=O)(=O)C[C@@H]1O)c1cc(-c2ccc(C(F)(F)F)cc2)nn(-c2cccnc2)c1=O. The summed E-state index contributed by atoms with van der Waals surface area (Å²) in [7, 11) is -3.56. The lowest BCUT2D eigenvalue weighted by Crippen LogP contribution is -2.44. The number of rotatable bonds is 4. The molecule has 1 aliphatic rings. The number of pyridine rings is 1. The van der Waals surface area contributed by atoms with Crippen LogP contribution in [0.5, 0.6) is 0 Å². The zero-order valence-electron chi connectivity index (χ0n) is 17.2. The summed E-state index contributed by atoms with van der Waals surface area (Å²) in [4.78, 5) is 29.9. The summed E-state index contributed by atoms with van der Waals surface area (Å²) < 4.78 is 63.1. The van der Waals surface area contributed by atoms with Crippen LogP contribution in [0.3, 0.4) is 0 Å². The van der Waals surface area contributed by atoms with E-state index in [4.69, 9.17) is 0 Å². The maximum Gasteiger partial charge on any atom is 0.416 e. The molecule has 3 heterocycles. The standard InChI is InChI=1S/C21H17F3N4O5S/c22-21(23,24)13-5-3-12(4-6-13)16-8-15(19(30)26-17-10-34(32,33)11-18(17)29)20(31)28(27-16)14-2-1-7-25-9-14/h1-9,17-18,29H,10-11H2,(H,26,30)/t17-,18+/m1/s1. The predicted octanol–water partition coefficient (Wildman–Crippen LogP) is 1.20. The molecule has 4 rings (SSSR count). The summed E-state index contributed by atoms with van der Waals surface area (Å²) in [6.07, 6.45) is -3.14. The Labute approximate surface area is 190 Å². The Kier molecular flexibility index (Phi) is 6.00. The van der Waals surface area contributed by atoms with Crippen molar-refractivity contribution in [3.05, 3.63) is 76.3 Å². The monoisotopic (exact) mass is 494 g/mol. The van der Waals surface area contributed by atoms with E-state index in [0.29, 0.717) is 0 Å². The number of aliphatic hydroxyl groups excluding tert-OH is 1. The molecule has 2 atom stereocenters. The minimum Gasteiger partial charge on any atom is -0.390 e. The van der Waals surface area contributed by atoms with Crippen LogP contribution in [0.2, 0.25) is 0 Å². The van der Waals surface area contributed by atoms with Crippen molar-refractivity contribution >= 4 is 15.7 Å². The van der Waals surface area contributed by atoms with E-state index >= 15 is 0 Å². The number of benzene rings is 1. The molecule has 1 amide bonds. The second-order valence-corrected chi connectivity index (χ2v) is 9.82. The van der Waals surface area contributed by atoms with Gasteiger partial charge in [-0.1, -0.05) is 12.1 Å². The highest BCUT2D eigenvalue weighted by molar-refractivity contribution is 7.91. The van der Waals surface area contributed by atoms with Gasteiger partial charge in [0.25, 0.3) is 11.5 Å². The smallest absolute Gasteiger partial charge is 0.390 e. The van der Waals surface area contributed by atoms with Crippen molar-refractivity contribution in [2.45, 2.75) is 18.3 Å². The summed E-state index contributed by atoms with van der Waals surface area (Å²) in [6, 6.07) is 6.98. The van der Waals surface area contributed by atoms with Crippen LogP contribution in [0.1, 0.15) is 15.9 Å². The molecule has 3 aromatic rings. The zero-order valence-corrected chi connectivity index (χ0v) is 18.0. The number of carbonyl (C=O) groups excluding carboxylic acids is 1. The quantitative estimate of drug-likeness (QED) is 0.557. The van der Waals surface area contributed by atoms with Crippen LogP contribution in [-0.4, -0.2) is 57.8 Å². The molecule has 1 fully saturated rings. The fourth-order valence-corrected chi connectivity index (χ4v) is 5.24. The van der Waals surface area contributed by atoms with E-state index in [2.05, 4.69) is 15.4 Å². The predicted molar refractivity (Wildman–Crippen MR) is 114 cm³/mol. The number of nitrogens with zero attached hydrogens (tertiary/aromatic N) is 3. The van der Waals surface area contributed by atoms with E-state index in [1.165, 1.54) is 24.5 Å². The summed E-state index contributed by atoms with van der Waals surface area (Å²) in [6.45, 7) is 0. The molecule has 0 radical (unpaired) electrons. The molecule has 2 N–H and O–H groups in total. The average Bonchev–Trinajstić information content (AvgIpc) is 3.04. The maximum absolute atomic E-state index is 13.0.